The Morgan fingerprint density at radius 1 is 1.28 bits per heavy atom. The first-order valence-electron chi connectivity index (χ1n) is 7.15. The first kappa shape index (κ1) is 13.8. The van der Waals surface area contributed by atoms with Crippen LogP contribution in [0.3, 0.4) is 0 Å². The van der Waals surface area contributed by atoms with Gasteiger partial charge in [0.25, 0.3) is 0 Å². The second kappa shape index (κ2) is 6.53. The van der Waals surface area contributed by atoms with Gasteiger partial charge in [-0.2, -0.15) is 0 Å². The molecule has 104 valence electrons. The fraction of sp³-hybridized carbons (Fsp3) is 0.929. The lowest BCUT2D eigenvalue weighted by Crippen LogP contribution is -2.42. The van der Waals surface area contributed by atoms with Crippen LogP contribution in [0.1, 0.15) is 45.4 Å². The molecule has 0 spiro atoms. The monoisotopic (exact) mass is 255 g/mol. The van der Waals surface area contributed by atoms with Crippen molar-refractivity contribution in [1.82, 2.24) is 4.90 Å². The van der Waals surface area contributed by atoms with Crippen LogP contribution in [0.15, 0.2) is 0 Å². The van der Waals surface area contributed by atoms with Crippen LogP contribution in [0.2, 0.25) is 0 Å². The zero-order chi connectivity index (χ0) is 13.0. The molecule has 1 aliphatic heterocycles. The van der Waals surface area contributed by atoms with E-state index in [9.17, 15) is 4.79 Å². The Kier molecular flexibility index (Phi) is 5.01. The van der Waals surface area contributed by atoms with Gasteiger partial charge in [0.05, 0.1) is 25.9 Å². The summed E-state index contributed by atoms with van der Waals surface area (Å²) in [7, 11) is 1.46. The van der Waals surface area contributed by atoms with Crippen molar-refractivity contribution < 1.29 is 14.3 Å². The normalized spacial score (nSPS) is 29.1. The lowest BCUT2D eigenvalue weighted by molar-refractivity contribution is -0.143. The Morgan fingerprint density at radius 3 is 2.56 bits per heavy atom. The zero-order valence-corrected chi connectivity index (χ0v) is 11.6. The third kappa shape index (κ3) is 3.69. The van der Waals surface area contributed by atoms with Gasteiger partial charge in [0.1, 0.15) is 0 Å². The molecule has 0 N–H and O–H groups in total. The second-order valence-corrected chi connectivity index (χ2v) is 5.59. The van der Waals surface area contributed by atoms with E-state index in [2.05, 4.69) is 11.8 Å². The minimum atomic E-state index is -0.132. The molecule has 1 heterocycles. The van der Waals surface area contributed by atoms with E-state index in [0.29, 0.717) is 24.8 Å². The predicted octanol–water partition coefficient (Wildman–Crippen LogP) is 1.97. The highest BCUT2D eigenvalue weighted by Gasteiger charge is 2.30. The molecule has 0 aromatic heterocycles. The smallest absolute Gasteiger partial charge is 0.319 e. The maximum Gasteiger partial charge on any atom is 0.319 e. The molecule has 0 radical (unpaired) electrons. The number of ether oxygens (including phenoxy) is 2. The molecule has 4 nitrogen and oxygen atoms in total. The quantitative estimate of drug-likeness (QED) is 0.704. The molecular formula is C14H25NO3. The maximum atomic E-state index is 11.5. The van der Waals surface area contributed by atoms with Crippen LogP contribution in [-0.2, 0) is 14.3 Å². The molecule has 2 rings (SSSR count). The summed E-state index contributed by atoms with van der Waals surface area (Å²) in [6, 6.07) is 0.545. The minimum absolute atomic E-state index is 0.132. The van der Waals surface area contributed by atoms with Crippen molar-refractivity contribution in [2.45, 2.75) is 63.7 Å². The average Bonchev–Trinajstić information content (AvgIpc) is 2.99. The highest BCUT2D eigenvalue weighted by atomic mass is 16.5. The number of hydrogen-bond acceptors (Lipinski definition) is 4. The van der Waals surface area contributed by atoms with Crippen LogP contribution in [-0.4, -0.2) is 49.3 Å². The van der Waals surface area contributed by atoms with Crippen molar-refractivity contribution in [1.29, 1.82) is 0 Å². The number of methoxy groups -OCH3 is 1. The van der Waals surface area contributed by atoms with Gasteiger partial charge in [0.2, 0.25) is 0 Å². The van der Waals surface area contributed by atoms with Crippen molar-refractivity contribution in [3.05, 3.63) is 0 Å². The highest BCUT2D eigenvalue weighted by Crippen LogP contribution is 2.26. The van der Waals surface area contributed by atoms with E-state index in [1.54, 1.807) is 0 Å². The van der Waals surface area contributed by atoms with Crippen LogP contribution in [0.25, 0.3) is 0 Å². The van der Waals surface area contributed by atoms with Gasteiger partial charge in [-0.25, -0.2) is 0 Å². The van der Waals surface area contributed by atoms with Crippen LogP contribution < -0.4 is 0 Å². The summed E-state index contributed by atoms with van der Waals surface area (Å²) >= 11 is 0. The van der Waals surface area contributed by atoms with Crippen LogP contribution in [0.5, 0.6) is 0 Å². The molecule has 1 saturated carbocycles. The zero-order valence-electron chi connectivity index (χ0n) is 11.6. The topological polar surface area (TPSA) is 38.8 Å². The predicted molar refractivity (Wildman–Crippen MR) is 69.4 cm³/mol. The average molecular weight is 255 g/mol. The molecule has 2 atom stereocenters. The van der Waals surface area contributed by atoms with Gasteiger partial charge in [-0.15, -0.1) is 0 Å². The number of hydrogen-bond donors (Lipinski definition) is 0. The SMILES string of the molecule is COC(=O)CN(CC1CCC(C)O1)C1CCCC1. The molecule has 4 heteroatoms. The molecule has 2 unspecified atom stereocenters. The van der Waals surface area contributed by atoms with E-state index in [1.807, 2.05) is 0 Å². The van der Waals surface area contributed by atoms with Crippen molar-refractivity contribution in [3.63, 3.8) is 0 Å². The van der Waals surface area contributed by atoms with Gasteiger partial charge in [0, 0.05) is 12.6 Å². The summed E-state index contributed by atoms with van der Waals surface area (Å²) < 4.78 is 10.7. The van der Waals surface area contributed by atoms with E-state index >= 15 is 0 Å². The molecule has 1 aliphatic carbocycles. The molecule has 1 saturated heterocycles. The van der Waals surface area contributed by atoms with Crippen molar-refractivity contribution >= 4 is 5.97 Å². The molecule has 0 aromatic carbocycles. The van der Waals surface area contributed by atoms with Crippen LogP contribution in [0.4, 0.5) is 0 Å². The molecule has 2 aliphatic rings. The van der Waals surface area contributed by atoms with Gasteiger partial charge in [-0.05, 0) is 32.6 Å². The molecule has 0 bridgehead atoms. The first-order valence-corrected chi connectivity index (χ1v) is 7.15. The summed E-state index contributed by atoms with van der Waals surface area (Å²) in [6.45, 7) is 3.42. The van der Waals surface area contributed by atoms with Crippen molar-refractivity contribution in [2.75, 3.05) is 20.2 Å². The fourth-order valence-corrected chi connectivity index (χ4v) is 3.12. The third-order valence-electron chi connectivity index (χ3n) is 4.16. The van der Waals surface area contributed by atoms with Gasteiger partial charge in [0.15, 0.2) is 0 Å². The van der Waals surface area contributed by atoms with E-state index < -0.39 is 0 Å². The van der Waals surface area contributed by atoms with E-state index in [-0.39, 0.29) is 5.97 Å². The van der Waals surface area contributed by atoms with E-state index in [1.165, 1.54) is 32.8 Å². The Bertz CT molecular complexity index is 276. The summed E-state index contributed by atoms with van der Waals surface area (Å²) in [4.78, 5) is 13.8. The van der Waals surface area contributed by atoms with Gasteiger partial charge in [-0.1, -0.05) is 12.8 Å². The number of carbonyl (C=O) groups is 1. The molecule has 0 aromatic rings. The van der Waals surface area contributed by atoms with Crippen LogP contribution >= 0.6 is 0 Å². The molecular weight excluding hydrogens is 230 g/mol. The number of esters is 1. The van der Waals surface area contributed by atoms with Gasteiger partial charge in [-0.3, -0.25) is 9.69 Å². The van der Waals surface area contributed by atoms with Crippen molar-refractivity contribution in [3.8, 4) is 0 Å². The lowest BCUT2D eigenvalue weighted by Gasteiger charge is -2.29. The summed E-state index contributed by atoms with van der Waals surface area (Å²) in [5, 5.41) is 0. The highest BCUT2D eigenvalue weighted by molar-refractivity contribution is 5.71. The van der Waals surface area contributed by atoms with E-state index in [0.717, 1.165) is 19.4 Å². The second-order valence-electron chi connectivity index (χ2n) is 5.59. The Morgan fingerprint density at radius 2 is 2.00 bits per heavy atom. The van der Waals surface area contributed by atoms with Crippen LogP contribution in [0, 0.1) is 0 Å². The van der Waals surface area contributed by atoms with E-state index in [4.69, 9.17) is 9.47 Å². The Balaban J connectivity index is 1.88. The number of carbonyl (C=O) groups excluding carboxylic acids is 1. The largest absolute Gasteiger partial charge is 0.468 e. The summed E-state index contributed by atoms with van der Waals surface area (Å²) in [5.74, 6) is -0.132. The standard InChI is InChI=1S/C14H25NO3/c1-11-7-8-13(18-11)9-15(10-14(16)17-2)12-5-3-4-6-12/h11-13H,3-10H2,1-2H3. The summed E-state index contributed by atoms with van der Waals surface area (Å²) in [6.07, 6.45) is 7.91. The minimum Gasteiger partial charge on any atom is -0.468 e. The van der Waals surface area contributed by atoms with Crippen molar-refractivity contribution in [2.24, 2.45) is 0 Å². The fourth-order valence-electron chi connectivity index (χ4n) is 3.12. The van der Waals surface area contributed by atoms with Gasteiger partial charge >= 0.3 is 5.97 Å². The molecule has 0 amide bonds. The number of rotatable bonds is 5. The van der Waals surface area contributed by atoms with Gasteiger partial charge < -0.3 is 9.47 Å². The molecule has 18 heavy (non-hydrogen) atoms. The Hall–Kier alpha value is -0.610. The summed E-state index contributed by atoms with van der Waals surface area (Å²) in [5.41, 5.74) is 0. The maximum absolute atomic E-state index is 11.5. The number of nitrogens with zero attached hydrogens (tertiary/aromatic N) is 1. The third-order valence-corrected chi connectivity index (χ3v) is 4.16. The molecule has 2 fully saturated rings. The lowest BCUT2D eigenvalue weighted by atomic mass is 10.1. The Labute approximate surface area is 110 Å². The first-order chi connectivity index (χ1) is 8.69.